The van der Waals surface area contributed by atoms with Crippen molar-refractivity contribution in [2.24, 2.45) is 10.3 Å². The highest BCUT2D eigenvalue weighted by atomic mass is 35.5. The molecule has 2 atom stereocenters. The fourth-order valence-corrected chi connectivity index (χ4v) is 3.85. The molecule has 144 valence electrons. The zero-order chi connectivity index (χ0) is 19.5. The molecule has 3 heterocycles. The van der Waals surface area contributed by atoms with Gasteiger partial charge in [0.05, 0.1) is 17.8 Å². The van der Waals surface area contributed by atoms with Crippen molar-refractivity contribution in [3.8, 4) is 6.07 Å². The second-order valence-corrected chi connectivity index (χ2v) is 7.55. The Bertz CT molecular complexity index is 884. The van der Waals surface area contributed by atoms with E-state index in [0.29, 0.717) is 16.6 Å². The van der Waals surface area contributed by atoms with Gasteiger partial charge in [0.25, 0.3) is 0 Å². The van der Waals surface area contributed by atoms with Crippen LogP contribution in [0.3, 0.4) is 0 Å². The van der Waals surface area contributed by atoms with E-state index in [1.54, 1.807) is 6.20 Å². The summed E-state index contributed by atoms with van der Waals surface area (Å²) in [5, 5.41) is 20.4. The number of piperazine rings is 1. The number of hydrogen-bond acceptors (Lipinski definition) is 7. The third kappa shape index (κ3) is 3.93. The number of pyridine rings is 1. The number of benzene rings is 1. The summed E-state index contributed by atoms with van der Waals surface area (Å²) in [5.74, 6) is 0.930. The summed E-state index contributed by atoms with van der Waals surface area (Å²) in [4.78, 5) is 9.13. The Morgan fingerprint density at radius 3 is 2.68 bits per heavy atom. The van der Waals surface area contributed by atoms with Gasteiger partial charge in [0.15, 0.2) is 0 Å². The number of nitrogens with zero attached hydrogens (tertiary/aromatic N) is 7. The van der Waals surface area contributed by atoms with Crippen LogP contribution >= 0.6 is 11.6 Å². The van der Waals surface area contributed by atoms with Gasteiger partial charge in [0.1, 0.15) is 17.9 Å². The molecule has 7 nitrogen and oxygen atoms in total. The quantitative estimate of drug-likeness (QED) is 0.793. The van der Waals surface area contributed by atoms with Gasteiger partial charge in [-0.25, -0.2) is 9.99 Å². The molecule has 28 heavy (non-hydrogen) atoms. The summed E-state index contributed by atoms with van der Waals surface area (Å²) in [6.07, 6.45) is 1.63. The molecule has 0 aliphatic carbocycles. The summed E-state index contributed by atoms with van der Waals surface area (Å²) in [6, 6.07) is 14.0. The van der Waals surface area contributed by atoms with Crippen molar-refractivity contribution in [3.63, 3.8) is 0 Å². The molecule has 0 bridgehead atoms. The first-order chi connectivity index (χ1) is 13.6. The van der Waals surface area contributed by atoms with E-state index in [0.717, 1.165) is 44.2 Å². The Morgan fingerprint density at radius 1 is 1.18 bits per heavy atom. The monoisotopic (exact) mass is 395 g/mol. The van der Waals surface area contributed by atoms with Crippen LogP contribution in [0.15, 0.2) is 52.9 Å². The van der Waals surface area contributed by atoms with Gasteiger partial charge in [-0.2, -0.15) is 10.4 Å². The van der Waals surface area contributed by atoms with Gasteiger partial charge in [-0.3, -0.25) is 4.90 Å². The van der Waals surface area contributed by atoms with Crippen LogP contribution in [0, 0.1) is 11.3 Å². The third-order valence-electron chi connectivity index (χ3n) is 5.42. The fraction of sp³-hybridized carbons (Fsp3) is 0.400. The maximum absolute atomic E-state index is 8.91. The fourth-order valence-electron chi connectivity index (χ4n) is 3.66. The van der Waals surface area contributed by atoms with Crippen LogP contribution < -0.4 is 9.91 Å². The first-order valence-electron chi connectivity index (χ1n) is 9.43. The predicted molar refractivity (Wildman–Crippen MR) is 110 cm³/mol. The molecule has 4 rings (SSSR count). The highest BCUT2D eigenvalue weighted by molar-refractivity contribution is 6.30. The minimum atomic E-state index is 0.138. The molecular formula is C20H22ClN7. The Hall–Kier alpha value is -2.69. The zero-order valence-corrected chi connectivity index (χ0v) is 16.5. The smallest absolute Gasteiger partial charge is 0.128 e. The van der Waals surface area contributed by atoms with Crippen molar-refractivity contribution < 1.29 is 0 Å². The molecule has 1 aromatic carbocycles. The van der Waals surface area contributed by atoms with E-state index in [2.05, 4.69) is 38.1 Å². The average Bonchev–Trinajstić information content (AvgIpc) is 3.24. The van der Waals surface area contributed by atoms with E-state index >= 15 is 0 Å². The van der Waals surface area contributed by atoms with Gasteiger partial charge >= 0.3 is 0 Å². The highest BCUT2D eigenvalue weighted by Gasteiger charge is 2.31. The van der Waals surface area contributed by atoms with Crippen molar-refractivity contribution in [1.29, 1.82) is 5.26 Å². The normalized spacial score (nSPS) is 21.0. The number of aromatic nitrogens is 1. The van der Waals surface area contributed by atoms with Crippen molar-refractivity contribution in [1.82, 2.24) is 9.88 Å². The van der Waals surface area contributed by atoms with Gasteiger partial charge in [0.2, 0.25) is 0 Å². The Morgan fingerprint density at radius 2 is 2.00 bits per heavy atom. The van der Waals surface area contributed by atoms with Crippen LogP contribution in [0.1, 0.15) is 12.5 Å². The Labute approximate surface area is 169 Å². The summed E-state index contributed by atoms with van der Waals surface area (Å²) in [7, 11) is 0. The van der Waals surface area contributed by atoms with E-state index in [9.17, 15) is 0 Å². The summed E-state index contributed by atoms with van der Waals surface area (Å²) in [5.41, 5.74) is 1.56. The minimum Gasteiger partial charge on any atom is -0.354 e. The summed E-state index contributed by atoms with van der Waals surface area (Å²) >= 11 is 6.09. The number of hydrogen-bond donors (Lipinski definition) is 0. The van der Waals surface area contributed by atoms with Crippen molar-refractivity contribution >= 4 is 23.1 Å². The van der Waals surface area contributed by atoms with Crippen molar-refractivity contribution in [2.45, 2.75) is 19.0 Å². The molecule has 0 radical (unpaired) electrons. The maximum atomic E-state index is 8.91. The van der Waals surface area contributed by atoms with Crippen LogP contribution in [-0.4, -0.2) is 54.7 Å². The van der Waals surface area contributed by atoms with Crippen LogP contribution in [0.25, 0.3) is 0 Å². The first-order valence-corrected chi connectivity index (χ1v) is 9.81. The van der Waals surface area contributed by atoms with Crippen LogP contribution in [0.4, 0.5) is 11.5 Å². The van der Waals surface area contributed by atoms with Gasteiger partial charge in [-0.1, -0.05) is 22.9 Å². The zero-order valence-electron chi connectivity index (χ0n) is 15.7. The summed E-state index contributed by atoms with van der Waals surface area (Å²) < 4.78 is 0. The second kappa shape index (κ2) is 8.13. The number of halogens is 1. The van der Waals surface area contributed by atoms with E-state index in [-0.39, 0.29) is 6.04 Å². The molecule has 1 saturated heterocycles. The predicted octanol–water partition coefficient (Wildman–Crippen LogP) is 3.37. The lowest BCUT2D eigenvalue weighted by molar-refractivity contribution is 0.178. The number of nitriles is 1. The van der Waals surface area contributed by atoms with E-state index in [4.69, 9.17) is 16.9 Å². The molecule has 0 saturated carbocycles. The Balaban J connectivity index is 1.32. The maximum Gasteiger partial charge on any atom is 0.128 e. The minimum absolute atomic E-state index is 0.138. The summed E-state index contributed by atoms with van der Waals surface area (Å²) in [6.45, 7) is 6.70. The highest BCUT2D eigenvalue weighted by Crippen LogP contribution is 2.26. The molecule has 0 N–H and O–H groups in total. The molecular weight excluding hydrogens is 374 g/mol. The average molecular weight is 396 g/mol. The molecule has 8 heteroatoms. The van der Waals surface area contributed by atoms with Crippen LogP contribution in [0.2, 0.25) is 5.02 Å². The van der Waals surface area contributed by atoms with Crippen molar-refractivity contribution in [3.05, 3.63) is 53.2 Å². The van der Waals surface area contributed by atoms with Gasteiger partial charge in [-0.05, 0) is 37.3 Å². The molecule has 2 aliphatic rings. The lowest BCUT2D eigenvalue weighted by Gasteiger charge is -2.39. The lowest BCUT2D eigenvalue weighted by atomic mass is 10.1. The first kappa shape index (κ1) is 18.7. The number of anilines is 2. The molecule has 1 aromatic heterocycles. The second-order valence-electron chi connectivity index (χ2n) is 7.11. The van der Waals surface area contributed by atoms with E-state index in [1.165, 1.54) is 0 Å². The van der Waals surface area contributed by atoms with Gasteiger partial charge in [-0.15, -0.1) is 0 Å². The molecule has 0 amide bonds. The standard InChI is InChI=1S/C20H22ClN7/c1-15(19-14-28(25-24-19)18-4-2-3-17(21)11-18)26-7-9-27(10-8-26)20-6-5-16(12-22)13-23-20/h2-6,11,13,15,19H,7-10,14H2,1H3. The largest absolute Gasteiger partial charge is 0.354 e. The molecule has 2 unspecified atom stereocenters. The Kier molecular flexibility index (Phi) is 5.42. The topological polar surface area (TPSA) is 71.1 Å². The molecule has 0 spiro atoms. The molecule has 1 fully saturated rings. The van der Waals surface area contributed by atoms with Gasteiger partial charge < -0.3 is 4.90 Å². The van der Waals surface area contributed by atoms with Crippen LogP contribution in [-0.2, 0) is 0 Å². The van der Waals surface area contributed by atoms with Crippen LogP contribution in [0.5, 0.6) is 0 Å². The van der Waals surface area contributed by atoms with Gasteiger partial charge in [0, 0.05) is 43.4 Å². The molecule has 2 aliphatic heterocycles. The van der Waals surface area contributed by atoms with E-state index < -0.39 is 0 Å². The van der Waals surface area contributed by atoms with E-state index in [1.807, 2.05) is 41.4 Å². The van der Waals surface area contributed by atoms with Crippen molar-refractivity contribution in [2.75, 3.05) is 42.6 Å². The number of rotatable bonds is 4. The molecule has 2 aromatic rings. The SMILES string of the molecule is CC(C1CN(c2cccc(Cl)c2)N=N1)N1CCN(c2ccc(C#N)cn2)CC1. The third-order valence-corrected chi connectivity index (χ3v) is 5.66. The lowest BCUT2D eigenvalue weighted by Crippen LogP contribution is -2.53.